The van der Waals surface area contributed by atoms with Crippen molar-refractivity contribution in [1.82, 2.24) is 5.32 Å². The Morgan fingerprint density at radius 1 is 1.19 bits per heavy atom. The molecule has 8 heteroatoms. The number of benzene rings is 2. The summed E-state index contributed by atoms with van der Waals surface area (Å²) in [4.78, 5) is 34.4. The Bertz CT molecular complexity index is 841. The third-order valence-corrected chi connectivity index (χ3v) is 4.30. The van der Waals surface area contributed by atoms with Crippen LogP contribution in [-0.2, 0) is 9.53 Å². The summed E-state index contributed by atoms with van der Waals surface area (Å²) in [5.74, 6) is -1.17. The van der Waals surface area contributed by atoms with Crippen molar-refractivity contribution in [2.45, 2.75) is 25.9 Å². The maximum Gasteiger partial charge on any atom is 0.340 e. The van der Waals surface area contributed by atoms with Crippen LogP contribution in [0.2, 0.25) is 5.02 Å². The van der Waals surface area contributed by atoms with Gasteiger partial charge in [0.15, 0.2) is 6.10 Å². The first-order chi connectivity index (χ1) is 12.8. The fourth-order valence-corrected chi connectivity index (χ4v) is 2.61. The molecular weight excluding hydrogens is 372 g/mol. The van der Waals surface area contributed by atoms with Crippen LogP contribution in [0.15, 0.2) is 48.5 Å². The summed E-state index contributed by atoms with van der Waals surface area (Å²) in [6, 6.07) is 13.1. The quantitative estimate of drug-likeness (QED) is 0.441. The van der Waals surface area contributed by atoms with Crippen LogP contribution in [0.5, 0.6) is 0 Å². The summed E-state index contributed by atoms with van der Waals surface area (Å²) in [6.45, 7) is 3.81. The number of nitro groups is 1. The van der Waals surface area contributed by atoms with Crippen LogP contribution in [0, 0.1) is 10.1 Å². The molecule has 0 spiro atoms. The molecule has 0 heterocycles. The lowest BCUT2D eigenvalue weighted by Crippen LogP contribution is -2.37. The number of hydrogen-bond donors (Lipinski definition) is 1. The Morgan fingerprint density at radius 2 is 1.85 bits per heavy atom. The standard InChI is InChI=1S/C19H19ClN2O5/c1-12(14-6-4-3-5-7-14)11-21-18(23)13(2)27-19(24)16-9-8-15(22(25)26)10-17(16)20/h3-10,12-13H,11H2,1-2H3,(H,21,23)/t12-,13+/m1/s1. The molecular formula is C19H19ClN2O5. The summed E-state index contributed by atoms with van der Waals surface area (Å²) in [5, 5.41) is 13.3. The van der Waals surface area contributed by atoms with Crippen LogP contribution in [0.25, 0.3) is 0 Å². The Hall–Kier alpha value is -2.93. The molecule has 27 heavy (non-hydrogen) atoms. The van der Waals surface area contributed by atoms with E-state index >= 15 is 0 Å². The van der Waals surface area contributed by atoms with Gasteiger partial charge in [-0.3, -0.25) is 14.9 Å². The van der Waals surface area contributed by atoms with Gasteiger partial charge in [-0.2, -0.15) is 0 Å². The second-order valence-electron chi connectivity index (χ2n) is 6.03. The second-order valence-corrected chi connectivity index (χ2v) is 6.43. The largest absolute Gasteiger partial charge is 0.449 e. The zero-order chi connectivity index (χ0) is 20.0. The van der Waals surface area contributed by atoms with Gasteiger partial charge in [-0.15, -0.1) is 0 Å². The topological polar surface area (TPSA) is 98.5 Å². The van der Waals surface area contributed by atoms with Gasteiger partial charge < -0.3 is 10.1 Å². The third kappa shape index (κ3) is 5.52. The molecule has 0 aliphatic carbocycles. The normalized spacial score (nSPS) is 12.7. The van der Waals surface area contributed by atoms with Crippen molar-refractivity contribution in [2.75, 3.05) is 6.54 Å². The van der Waals surface area contributed by atoms with Gasteiger partial charge in [-0.05, 0) is 24.5 Å². The molecule has 0 fully saturated rings. The number of carbonyl (C=O) groups excluding carboxylic acids is 2. The van der Waals surface area contributed by atoms with E-state index in [4.69, 9.17) is 16.3 Å². The number of esters is 1. The predicted molar refractivity (Wildman–Crippen MR) is 101 cm³/mol. The number of ether oxygens (including phenoxy) is 1. The van der Waals surface area contributed by atoms with Crippen molar-refractivity contribution in [3.8, 4) is 0 Å². The number of nitrogens with zero attached hydrogens (tertiary/aromatic N) is 1. The van der Waals surface area contributed by atoms with E-state index in [-0.39, 0.29) is 22.2 Å². The minimum Gasteiger partial charge on any atom is -0.449 e. The Kier molecular flexibility index (Phi) is 6.90. The molecule has 1 amide bonds. The van der Waals surface area contributed by atoms with E-state index in [9.17, 15) is 19.7 Å². The minimum atomic E-state index is -1.04. The number of amides is 1. The lowest BCUT2D eigenvalue weighted by atomic mass is 10.0. The molecule has 7 nitrogen and oxygen atoms in total. The lowest BCUT2D eigenvalue weighted by molar-refractivity contribution is -0.384. The maximum atomic E-state index is 12.2. The highest BCUT2D eigenvalue weighted by atomic mass is 35.5. The van der Waals surface area contributed by atoms with Crippen molar-refractivity contribution < 1.29 is 19.2 Å². The van der Waals surface area contributed by atoms with Crippen molar-refractivity contribution in [1.29, 1.82) is 0 Å². The smallest absolute Gasteiger partial charge is 0.340 e. The van der Waals surface area contributed by atoms with Gasteiger partial charge in [0.1, 0.15) is 0 Å². The van der Waals surface area contributed by atoms with Crippen LogP contribution in [0.4, 0.5) is 5.69 Å². The molecule has 0 aliphatic rings. The van der Waals surface area contributed by atoms with Crippen LogP contribution in [-0.4, -0.2) is 29.4 Å². The van der Waals surface area contributed by atoms with Crippen molar-refractivity contribution in [3.63, 3.8) is 0 Å². The van der Waals surface area contributed by atoms with E-state index in [1.807, 2.05) is 37.3 Å². The highest BCUT2D eigenvalue weighted by molar-refractivity contribution is 6.33. The van der Waals surface area contributed by atoms with E-state index in [0.717, 1.165) is 17.7 Å². The fraction of sp³-hybridized carbons (Fsp3) is 0.263. The third-order valence-electron chi connectivity index (χ3n) is 3.99. The van der Waals surface area contributed by atoms with E-state index in [1.165, 1.54) is 13.0 Å². The van der Waals surface area contributed by atoms with E-state index in [0.29, 0.717) is 6.54 Å². The molecule has 0 unspecified atom stereocenters. The molecule has 0 radical (unpaired) electrons. The molecule has 2 aromatic rings. The summed E-state index contributed by atoms with van der Waals surface area (Å²) < 4.78 is 5.11. The van der Waals surface area contributed by atoms with E-state index in [2.05, 4.69) is 5.32 Å². The number of carbonyl (C=O) groups is 2. The Labute approximate surface area is 161 Å². The summed E-state index contributed by atoms with van der Waals surface area (Å²) in [5.41, 5.74) is 0.803. The van der Waals surface area contributed by atoms with Crippen molar-refractivity contribution in [2.24, 2.45) is 0 Å². The monoisotopic (exact) mass is 390 g/mol. The predicted octanol–water partition coefficient (Wildman–Crippen LogP) is 3.71. The Balaban J connectivity index is 1.92. The van der Waals surface area contributed by atoms with Crippen LogP contribution in [0.3, 0.4) is 0 Å². The average molecular weight is 391 g/mol. The van der Waals surface area contributed by atoms with Crippen LogP contribution < -0.4 is 5.32 Å². The van der Waals surface area contributed by atoms with E-state index in [1.54, 1.807) is 0 Å². The van der Waals surface area contributed by atoms with Gasteiger partial charge in [-0.1, -0.05) is 48.9 Å². The number of nitro benzene ring substituents is 1. The number of halogens is 1. The molecule has 0 aromatic heterocycles. The average Bonchev–Trinajstić information content (AvgIpc) is 2.66. The first-order valence-electron chi connectivity index (χ1n) is 8.27. The summed E-state index contributed by atoms with van der Waals surface area (Å²) in [6.07, 6.45) is -1.04. The molecule has 0 bridgehead atoms. The molecule has 2 atom stereocenters. The lowest BCUT2D eigenvalue weighted by Gasteiger charge is -2.17. The number of nitrogens with one attached hydrogen (secondary N) is 1. The first kappa shape index (κ1) is 20.4. The molecule has 2 rings (SSSR count). The molecule has 1 N–H and O–H groups in total. The number of rotatable bonds is 7. The highest BCUT2D eigenvalue weighted by Gasteiger charge is 2.22. The molecule has 0 saturated carbocycles. The molecule has 0 saturated heterocycles. The molecule has 0 aliphatic heterocycles. The van der Waals surface area contributed by atoms with Gasteiger partial charge in [0.25, 0.3) is 11.6 Å². The van der Waals surface area contributed by atoms with Gasteiger partial charge in [0.05, 0.1) is 15.5 Å². The second kappa shape index (κ2) is 9.14. The highest BCUT2D eigenvalue weighted by Crippen LogP contribution is 2.23. The molecule has 2 aromatic carbocycles. The zero-order valence-electron chi connectivity index (χ0n) is 14.8. The van der Waals surface area contributed by atoms with Gasteiger partial charge in [0, 0.05) is 18.7 Å². The van der Waals surface area contributed by atoms with Gasteiger partial charge >= 0.3 is 5.97 Å². The van der Waals surface area contributed by atoms with Gasteiger partial charge in [-0.25, -0.2) is 4.79 Å². The number of non-ortho nitro benzene ring substituents is 1. The Morgan fingerprint density at radius 3 is 2.44 bits per heavy atom. The van der Waals surface area contributed by atoms with Crippen molar-refractivity contribution in [3.05, 3.63) is 74.8 Å². The zero-order valence-corrected chi connectivity index (χ0v) is 15.6. The summed E-state index contributed by atoms with van der Waals surface area (Å²) in [7, 11) is 0. The minimum absolute atomic E-state index is 0.0421. The van der Waals surface area contributed by atoms with Gasteiger partial charge in [0.2, 0.25) is 0 Å². The molecule has 142 valence electrons. The SMILES string of the molecule is C[C@H](OC(=O)c1ccc([N+](=O)[O-])cc1Cl)C(=O)NC[C@@H](C)c1ccccc1. The number of hydrogen-bond acceptors (Lipinski definition) is 5. The van der Waals surface area contributed by atoms with Crippen LogP contribution >= 0.6 is 11.6 Å². The van der Waals surface area contributed by atoms with E-state index < -0.39 is 22.9 Å². The van der Waals surface area contributed by atoms with Crippen molar-refractivity contribution >= 4 is 29.2 Å². The van der Waals surface area contributed by atoms with Crippen LogP contribution in [0.1, 0.15) is 35.7 Å². The maximum absolute atomic E-state index is 12.2. The summed E-state index contributed by atoms with van der Waals surface area (Å²) >= 11 is 5.90. The fourth-order valence-electron chi connectivity index (χ4n) is 2.36. The first-order valence-corrected chi connectivity index (χ1v) is 8.65.